The standard InChI is InChI=1S/C14H20N2O/c15-14(8-4-5-9-14)10-13(17)16-11-12-6-2-1-3-7-12/h1-3,6-7H,4-5,8-11,15H2,(H,16,17). The van der Waals surface area contributed by atoms with Crippen LogP contribution in [0.4, 0.5) is 0 Å². The van der Waals surface area contributed by atoms with Crippen molar-refractivity contribution in [1.82, 2.24) is 5.32 Å². The number of carbonyl (C=O) groups is 1. The topological polar surface area (TPSA) is 55.1 Å². The van der Waals surface area contributed by atoms with Crippen LogP contribution in [0.5, 0.6) is 0 Å². The van der Waals surface area contributed by atoms with E-state index in [-0.39, 0.29) is 11.4 Å². The monoisotopic (exact) mass is 232 g/mol. The number of carbonyl (C=O) groups excluding carboxylic acids is 1. The molecule has 17 heavy (non-hydrogen) atoms. The second-order valence-corrected chi connectivity index (χ2v) is 5.01. The van der Waals surface area contributed by atoms with E-state index in [1.165, 1.54) is 0 Å². The Labute approximate surface area is 102 Å². The Balaban J connectivity index is 1.78. The van der Waals surface area contributed by atoms with Crippen molar-refractivity contribution >= 4 is 5.91 Å². The van der Waals surface area contributed by atoms with Crippen LogP contribution >= 0.6 is 0 Å². The second-order valence-electron chi connectivity index (χ2n) is 5.01. The molecule has 1 aromatic carbocycles. The highest BCUT2D eigenvalue weighted by Gasteiger charge is 2.31. The minimum atomic E-state index is -0.249. The van der Waals surface area contributed by atoms with Crippen LogP contribution in [-0.4, -0.2) is 11.4 Å². The average molecular weight is 232 g/mol. The smallest absolute Gasteiger partial charge is 0.222 e. The highest BCUT2D eigenvalue weighted by atomic mass is 16.1. The van der Waals surface area contributed by atoms with E-state index in [2.05, 4.69) is 5.32 Å². The first kappa shape index (κ1) is 12.1. The maximum absolute atomic E-state index is 11.8. The lowest BCUT2D eigenvalue weighted by Gasteiger charge is -2.22. The molecule has 2 rings (SSSR count). The summed E-state index contributed by atoms with van der Waals surface area (Å²) in [5.74, 6) is 0.0678. The summed E-state index contributed by atoms with van der Waals surface area (Å²) in [5.41, 5.74) is 7.04. The van der Waals surface area contributed by atoms with Gasteiger partial charge in [0.1, 0.15) is 0 Å². The van der Waals surface area contributed by atoms with Crippen LogP contribution in [0.15, 0.2) is 30.3 Å². The van der Waals surface area contributed by atoms with Gasteiger partial charge in [-0.1, -0.05) is 43.2 Å². The van der Waals surface area contributed by atoms with Gasteiger partial charge in [-0.25, -0.2) is 0 Å². The van der Waals surface area contributed by atoms with E-state index in [1.54, 1.807) is 0 Å². The zero-order chi connectivity index (χ0) is 12.1. The van der Waals surface area contributed by atoms with E-state index in [9.17, 15) is 4.79 Å². The second kappa shape index (κ2) is 5.32. The third-order valence-corrected chi connectivity index (χ3v) is 3.44. The van der Waals surface area contributed by atoms with Gasteiger partial charge < -0.3 is 11.1 Å². The van der Waals surface area contributed by atoms with Crippen molar-refractivity contribution in [3.8, 4) is 0 Å². The molecule has 1 fully saturated rings. The summed E-state index contributed by atoms with van der Waals surface area (Å²) in [7, 11) is 0. The number of benzene rings is 1. The van der Waals surface area contributed by atoms with Gasteiger partial charge in [0.15, 0.2) is 0 Å². The van der Waals surface area contributed by atoms with Gasteiger partial charge >= 0.3 is 0 Å². The van der Waals surface area contributed by atoms with Gasteiger partial charge in [0, 0.05) is 18.5 Å². The summed E-state index contributed by atoms with van der Waals surface area (Å²) < 4.78 is 0. The van der Waals surface area contributed by atoms with Gasteiger partial charge in [-0.2, -0.15) is 0 Å². The highest BCUT2D eigenvalue weighted by Crippen LogP contribution is 2.29. The largest absolute Gasteiger partial charge is 0.352 e. The van der Waals surface area contributed by atoms with Crippen LogP contribution in [0.25, 0.3) is 0 Å². The lowest BCUT2D eigenvalue weighted by atomic mass is 9.94. The highest BCUT2D eigenvalue weighted by molar-refractivity contribution is 5.77. The lowest BCUT2D eigenvalue weighted by Crippen LogP contribution is -2.41. The average Bonchev–Trinajstić information content (AvgIpc) is 2.74. The Morgan fingerprint density at radius 1 is 1.24 bits per heavy atom. The molecule has 0 atom stereocenters. The molecule has 0 aromatic heterocycles. The zero-order valence-corrected chi connectivity index (χ0v) is 10.1. The molecule has 0 aliphatic heterocycles. The van der Waals surface area contributed by atoms with Crippen LogP contribution in [0.3, 0.4) is 0 Å². The maximum atomic E-state index is 11.8. The van der Waals surface area contributed by atoms with Crippen molar-refractivity contribution in [3.05, 3.63) is 35.9 Å². The Hall–Kier alpha value is -1.35. The number of hydrogen-bond donors (Lipinski definition) is 2. The molecule has 1 aliphatic rings. The summed E-state index contributed by atoms with van der Waals surface area (Å²) >= 11 is 0. The number of amides is 1. The summed E-state index contributed by atoms with van der Waals surface area (Å²) in [4.78, 5) is 11.8. The van der Waals surface area contributed by atoms with E-state index in [1.807, 2.05) is 30.3 Å². The van der Waals surface area contributed by atoms with Gasteiger partial charge in [-0.15, -0.1) is 0 Å². The first-order chi connectivity index (χ1) is 8.18. The quantitative estimate of drug-likeness (QED) is 0.833. The predicted octanol–water partition coefficient (Wildman–Crippen LogP) is 1.96. The number of nitrogens with one attached hydrogen (secondary N) is 1. The van der Waals surface area contributed by atoms with Crippen molar-refractivity contribution in [3.63, 3.8) is 0 Å². The van der Waals surface area contributed by atoms with Gasteiger partial charge in [0.2, 0.25) is 5.91 Å². The van der Waals surface area contributed by atoms with Gasteiger partial charge in [-0.3, -0.25) is 4.79 Å². The molecule has 3 heteroatoms. The van der Waals surface area contributed by atoms with Crippen LogP contribution in [0, 0.1) is 0 Å². The predicted molar refractivity (Wildman–Crippen MR) is 68.3 cm³/mol. The number of rotatable bonds is 4. The lowest BCUT2D eigenvalue weighted by molar-refractivity contribution is -0.122. The van der Waals surface area contributed by atoms with Crippen molar-refractivity contribution in [2.75, 3.05) is 0 Å². The first-order valence-electron chi connectivity index (χ1n) is 6.27. The molecule has 0 radical (unpaired) electrons. The van der Waals surface area contributed by atoms with Crippen molar-refractivity contribution < 1.29 is 4.79 Å². The SMILES string of the molecule is NC1(CC(=O)NCc2ccccc2)CCCC1. The summed E-state index contributed by atoms with van der Waals surface area (Å²) in [6.07, 6.45) is 4.72. The summed E-state index contributed by atoms with van der Waals surface area (Å²) in [6.45, 7) is 0.593. The van der Waals surface area contributed by atoms with E-state index in [0.717, 1.165) is 31.2 Å². The van der Waals surface area contributed by atoms with Crippen molar-refractivity contribution in [2.24, 2.45) is 5.73 Å². The van der Waals surface area contributed by atoms with Gasteiger partial charge in [-0.05, 0) is 18.4 Å². The molecule has 3 nitrogen and oxygen atoms in total. The Morgan fingerprint density at radius 3 is 2.53 bits per heavy atom. The molecule has 0 spiro atoms. The van der Waals surface area contributed by atoms with Crippen LogP contribution < -0.4 is 11.1 Å². The molecule has 1 aromatic rings. The Bertz CT molecular complexity index is 369. The molecule has 0 heterocycles. The van der Waals surface area contributed by atoms with E-state index in [4.69, 9.17) is 5.73 Å². The third-order valence-electron chi connectivity index (χ3n) is 3.44. The van der Waals surface area contributed by atoms with Crippen LogP contribution in [0.2, 0.25) is 0 Å². The van der Waals surface area contributed by atoms with Crippen LogP contribution in [0.1, 0.15) is 37.7 Å². The Morgan fingerprint density at radius 2 is 1.88 bits per heavy atom. The first-order valence-corrected chi connectivity index (χ1v) is 6.27. The van der Waals surface area contributed by atoms with Crippen molar-refractivity contribution in [2.45, 2.75) is 44.2 Å². The van der Waals surface area contributed by atoms with Gasteiger partial charge in [0.05, 0.1) is 0 Å². The molecule has 1 saturated carbocycles. The van der Waals surface area contributed by atoms with E-state index < -0.39 is 0 Å². The summed E-state index contributed by atoms with van der Waals surface area (Å²) in [6, 6.07) is 9.94. The van der Waals surface area contributed by atoms with Crippen molar-refractivity contribution in [1.29, 1.82) is 0 Å². The van der Waals surface area contributed by atoms with E-state index >= 15 is 0 Å². The summed E-state index contributed by atoms with van der Waals surface area (Å²) in [5, 5.41) is 2.93. The Kier molecular flexibility index (Phi) is 3.79. The molecular weight excluding hydrogens is 212 g/mol. The molecule has 92 valence electrons. The fourth-order valence-electron chi connectivity index (χ4n) is 2.43. The maximum Gasteiger partial charge on any atom is 0.222 e. The minimum absolute atomic E-state index is 0.0678. The van der Waals surface area contributed by atoms with E-state index in [0.29, 0.717) is 13.0 Å². The normalized spacial score (nSPS) is 17.9. The van der Waals surface area contributed by atoms with Crippen LogP contribution in [-0.2, 0) is 11.3 Å². The number of nitrogens with two attached hydrogens (primary N) is 1. The number of hydrogen-bond acceptors (Lipinski definition) is 2. The molecule has 1 aliphatic carbocycles. The molecule has 1 amide bonds. The molecular formula is C14H20N2O. The third kappa shape index (κ3) is 3.56. The fourth-order valence-corrected chi connectivity index (χ4v) is 2.43. The molecule has 3 N–H and O–H groups in total. The zero-order valence-electron chi connectivity index (χ0n) is 10.1. The van der Waals surface area contributed by atoms with Gasteiger partial charge in [0.25, 0.3) is 0 Å². The fraction of sp³-hybridized carbons (Fsp3) is 0.500. The minimum Gasteiger partial charge on any atom is -0.352 e. The molecule has 0 saturated heterocycles. The molecule has 0 unspecified atom stereocenters. The molecule has 0 bridgehead atoms.